The maximum atomic E-state index is 9.91. The number of hydrogen-bond donors (Lipinski definition) is 3. The Hall–Kier alpha value is -0.930. The molecule has 5 N–H and O–H groups in total. The average molecular weight is 245 g/mol. The minimum absolute atomic E-state index is 0. The molecule has 3 nitrogen and oxygen atoms in total. The second-order valence-electron chi connectivity index (χ2n) is 5.08. The predicted molar refractivity (Wildman–Crippen MR) is 70.9 cm³/mol. The van der Waals surface area contributed by atoms with Gasteiger partial charge >= 0.3 is 0 Å². The summed E-state index contributed by atoms with van der Waals surface area (Å²) in [6.07, 6.45) is 0. The van der Waals surface area contributed by atoms with Gasteiger partial charge in [0.1, 0.15) is 5.75 Å². The number of halogens is 1. The smallest absolute Gasteiger partial charge is 0.143 e. The van der Waals surface area contributed by atoms with Gasteiger partial charge < -0.3 is 16.6 Å². The number of benzene rings is 1. The lowest BCUT2D eigenvalue weighted by Crippen LogP contribution is -2.27. The SMILES string of the molecule is Cc1ccc(N)c(O)c1[C@H](N)C(C)(C)C.Cl. The molecule has 16 heavy (non-hydrogen) atoms. The highest BCUT2D eigenvalue weighted by Crippen LogP contribution is 2.39. The third-order valence-electron chi connectivity index (χ3n) is 2.71. The molecule has 1 aromatic rings. The zero-order chi connectivity index (χ0) is 11.8. The van der Waals surface area contributed by atoms with E-state index in [9.17, 15) is 5.11 Å². The number of hydrogen-bond acceptors (Lipinski definition) is 3. The summed E-state index contributed by atoms with van der Waals surface area (Å²) >= 11 is 0. The Kier molecular flexibility index (Phi) is 4.65. The molecular weight excluding hydrogens is 224 g/mol. The molecule has 0 saturated carbocycles. The fraction of sp³-hybridized carbons (Fsp3) is 0.500. The van der Waals surface area contributed by atoms with Crippen molar-refractivity contribution in [1.29, 1.82) is 0 Å². The number of nitrogen functional groups attached to an aromatic ring is 1. The molecule has 0 heterocycles. The fourth-order valence-electron chi connectivity index (χ4n) is 1.55. The largest absolute Gasteiger partial charge is 0.505 e. The molecule has 92 valence electrons. The molecular formula is C12H21ClN2O. The minimum atomic E-state index is -0.221. The zero-order valence-corrected chi connectivity index (χ0v) is 11.1. The van der Waals surface area contributed by atoms with Gasteiger partial charge in [0.2, 0.25) is 0 Å². The second-order valence-corrected chi connectivity index (χ2v) is 5.08. The van der Waals surface area contributed by atoms with Crippen LogP contribution in [0.5, 0.6) is 5.75 Å². The van der Waals surface area contributed by atoms with Crippen LogP contribution in [0.1, 0.15) is 37.9 Å². The van der Waals surface area contributed by atoms with E-state index >= 15 is 0 Å². The van der Waals surface area contributed by atoms with Gasteiger partial charge in [0.05, 0.1) is 5.69 Å². The third-order valence-corrected chi connectivity index (χ3v) is 2.71. The van der Waals surface area contributed by atoms with E-state index in [1.165, 1.54) is 0 Å². The first kappa shape index (κ1) is 15.1. The molecule has 0 amide bonds. The number of nitrogens with two attached hydrogens (primary N) is 2. The number of anilines is 1. The summed E-state index contributed by atoms with van der Waals surface area (Å²) in [6.45, 7) is 8.05. The van der Waals surface area contributed by atoms with Gasteiger partial charge in [-0.3, -0.25) is 0 Å². The second kappa shape index (κ2) is 4.93. The van der Waals surface area contributed by atoms with Crippen molar-refractivity contribution in [1.82, 2.24) is 0 Å². The molecule has 1 rings (SSSR count). The van der Waals surface area contributed by atoms with Crippen LogP contribution in [-0.2, 0) is 0 Å². The van der Waals surface area contributed by atoms with Crippen molar-refractivity contribution < 1.29 is 5.11 Å². The standard InChI is InChI=1S/C12H20N2O.ClH/c1-7-5-6-8(13)10(15)9(7)11(14)12(2,3)4;/h5-6,11,15H,13-14H2,1-4H3;1H/t11-;/m0./s1. The molecule has 0 aliphatic rings. The Morgan fingerprint density at radius 1 is 1.25 bits per heavy atom. The first-order valence-corrected chi connectivity index (χ1v) is 5.08. The van der Waals surface area contributed by atoms with Crippen LogP contribution in [0, 0.1) is 12.3 Å². The lowest BCUT2D eigenvalue weighted by Gasteiger charge is -2.29. The molecule has 0 aliphatic carbocycles. The lowest BCUT2D eigenvalue weighted by molar-refractivity contribution is 0.317. The van der Waals surface area contributed by atoms with E-state index in [0.29, 0.717) is 5.69 Å². The zero-order valence-electron chi connectivity index (χ0n) is 10.2. The van der Waals surface area contributed by atoms with Crippen molar-refractivity contribution in [2.75, 3.05) is 5.73 Å². The Morgan fingerprint density at radius 3 is 2.19 bits per heavy atom. The van der Waals surface area contributed by atoms with Crippen molar-refractivity contribution in [3.05, 3.63) is 23.3 Å². The average Bonchev–Trinajstić information content (AvgIpc) is 2.10. The highest BCUT2D eigenvalue weighted by Gasteiger charge is 2.26. The van der Waals surface area contributed by atoms with Crippen molar-refractivity contribution in [3.63, 3.8) is 0 Å². The van der Waals surface area contributed by atoms with Crippen molar-refractivity contribution in [2.24, 2.45) is 11.1 Å². The van der Waals surface area contributed by atoms with Gasteiger partial charge in [-0.25, -0.2) is 0 Å². The van der Waals surface area contributed by atoms with Crippen LogP contribution >= 0.6 is 12.4 Å². The minimum Gasteiger partial charge on any atom is -0.505 e. The van der Waals surface area contributed by atoms with Crippen molar-refractivity contribution in [3.8, 4) is 5.75 Å². The predicted octanol–water partition coefficient (Wildman–Crippen LogP) is 2.75. The van der Waals surface area contributed by atoms with E-state index in [4.69, 9.17) is 11.5 Å². The van der Waals surface area contributed by atoms with Crippen LogP contribution in [0.3, 0.4) is 0 Å². The Labute approximate surface area is 103 Å². The molecule has 4 heteroatoms. The molecule has 1 aromatic carbocycles. The summed E-state index contributed by atoms with van der Waals surface area (Å²) in [5, 5.41) is 9.91. The number of phenolic OH excluding ortho intramolecular Hbond substituents is 1. The summed E-state index contributed by atoms with van der Waals surface area (Å²) in [4.78, 5) is 0. The number of aromatic hydroxyl groups is 1. The summed E-state index contributed by atoms with van der Waals surface area (Å²) in [6, 6.07) is 3.36. The van der Waals surface area contributed by atoms with Crippen molar-refractivity contribution >= 4 is 18.1 Å². The lowest BCUT2D eigenvalue weighted by atomic mass is 9.81. The summed E-state index contributed by atoms with van der Waals surface area (Å²) in [7, 11) is 0. The van der Waals surface area contributed by atoms with Crippen LogP contribution < -0.4 is 11.5 Å². The van der Waals surface area contributed by atoms with Gasteiger partial charge in [0.15, 0.2) is 0 Å². The van der Waals surface area contributed by atoms with Crippen LogP contribution in [0.4, 0.5) is 5.69 Å². The molecule has 0 radical (unpaired) electrons. The van der Waals surface area contributed by atoms with Crippen LogP contribution in [0.15, 0.2) is 12.1 Å². The Balaban J connectivity index is 0.00000225. The van der Waals surface area contributed by atoms with Gasteiger partial charge in [-0.15, -0.1) is 12.4 Å². The van der Waals surface area contributed by atoms with Gasteiger partial charge in [-0.1, -0.05) is 26.8 Å². The molecule has 0 saturated heterocycles. The topological polar surface area (TPSA) is 72.3 Å². The fourth-order valence-corrected chi connectivity index (χ4v) is 1.55. The normalized spacial score (nSPS) is 13.1. The highest BCUT2D eigenvalue weighted by atomic mass is 35.5. The van der Waals surface area contributed by atoms with E-state index in [-0.39, 0.29) is 29.6 Å². The van der Waals surface area contributed by atoms with Gasteiger partial charge in [-0.2, -0.15) is 0 Å². The first-order chi connectivity index (χ1) is 6.75. The maximum absolute atomic E-state index is 9.91. The molecule has 0 fully saturated rings. The highest BCUT2D eigenvalue weighted by molar-refractivity contribution is 5.85. The summed E-state index contributed by atoms with van der Waals surface area (Å²) < 4.78 is 0. The number of phenols is 1. The molecule has 0 aromatic heterocycles. The van der Waals surface area contributed by atoms with E-state index < -0.39 is 0 Å². The van der Waals surface area contributed by atoms with Gasteiger partial charge in [0.25, 0.3) is 0 Å². The Bertz CT molecular complexity index is 372. The maximum Gasteiger partial charge on any atom is 0.143 e. The van der Waals surface area contributed by atoms with E-state index in [2.05, 4.69) is 0 Å². The molecule has 1 atom stereocenters. The third kappa shape index (κ3) is 2.80. The molecule has 0 spiro atoms. The molecule has 0 unspecified atom stereocenters. The first-order valence-electron chi connectivity index (χ1n) is 5.08. The quantitative estimate of drug-likeness (QED) is 0.525. The van der Waals surface area contributed by atoms with E-state index in [1.807, 2.05) is 33.8 Å². The Morgan fingerprint density at radius 2 is 1.75 bits per heavy atom. The number of rotatable bonds is 1. The van der Waals surface area contributed by atoms with E-state index in [1.54, 1.807) is 6.07 Å². The van der Waals surface area contributed by atoms with Gasteiger partial charge in [0, 0.05) is 11.6 Å². The summed E-state index contributed by atoms with van der Waals surface area (Å²) in [5.74, 6) is 0.123. The van der Waals surface area contributed by atoms with Crippen LogP contribution in [0.2, 0.25) is 0 Å². The van der Waals surface area contributed by atoms with Gasteiger partial charge in [-0.05, 0) is 24.0 Å². The number of aryl methyl sites for hydroxylation is 1. The van der Waals surface area contributed by atoms with E-state index in [0.717, 1.165) is 11.1 Å². The molecule has 0 bridgehead atoms. The van der Waals surface area contributed by atoms with Crippen molar-refractivity contribution in [2.45, 2.75) is 33.7 Å². The van der Waals surface area contributed by atoms with Crippen LogP contribution in [0.25, 0.3) is 0 Å². The molecule has 0 aliphatic heterocycles. The monoisotopic (exact) mass is 244 g/mol. The summed E-state index contributed by atoms with van der Waals surface area (Å²) in [5.41, 5.74) is 13.8. The van der Waals surface area contributed by atoms with Crippen LogP contribution in [-0.4, -0.2) is 5.11 Å².